The third kappa shape index (κ3) is 15.3. The molecule has 0 aromatic carbocycles. The number of fused-ring (bicyclic) bond motifs is 2. The molecule has 422 valence electrons. The van der Waals surface area contributed by atoms with Crippen LogP contribution in [0.15, 0.2) is 115 Å². The highest BCUT2D eigenvalue weighted by Crippen LogP contribution is 2.34. The van der Waals surface area contributed by atoms with Crippen LogP contribution in [0.1, 0.15) is 54.7 Å². The Morgan fingerprint density at radius 3 is 1.51 bits per heavy atom. The van der Waals surface area contributed by atoms with Crippen LogP contribution in [0.4, 0.5) is 11.6 Å². The minimum atomic E-state index is -2.46. The van der Waals surface area contributed by atoms with Gasteiger partial charge in [-0.2, -0.15) is 20.7 Å². The van der Waals surface area contributed by atoms with Gasteiger partial charge in [0.25, 0.3) is 0 Å². The standard InChI is InChI=1S/C28H31N7O4S.C21H24N6O3S.C7H7NO2/c1-28(2,36)19-39-23-12-24(27-22(13-29)17-32-35(27)18-23)21-5-6-25(30-16-21)34-8-10-40(37,11-9-34)33-15-20-4-7-26(38-3)31-14-20;1-21(2,28)14-30-17-9-18(20-16(10-22)12-25-27(20)13-17)15-3-4-19(24-11-15)26-5-7-31(23,29)8-6-26;1-10-7-3-2-6(5-9)4-8-7/h4-7,12,14,16-18,36H,8-11,15,19H2,1-3H3;3-4,9,11-13,23,28H,5-8,14H2,1-2H3;2-5H,1H3. The van der Waals surface area contributed by atoms with E-state index in [0.29, 0.717) is 107 Å². The van der Waals surface area contributed by atoms with Crippen LogP contribution >= 0.6 is 0 Å². The number of nitrogens with one attached hydrogen (secondary N) is 1. The van der Waals surface area contributed by atoms with Gasteiger partial charge in [0.05, 0.1) is 88.6 Å². The first-order chi connectivity index (χ1) is 38.7. The molecule has 25 heteroatoms. The highest BCUT2D eigenvalue weighted by atomic mass is 32.2. The molecule has 0 spiro atoms. The van der Waals surface area contributed by atoms with Gasteiger partial charge in [-0.15, -0.1) is 0 Å². The molecule has 0 radical (unpaired) electrons. The number of ether oxygens (including phenoxy) is 4. The van der Waals surface area contributed by atoms with Crippen molar-refractivity contribution in [3.8, 4) is 57.7 Å². The van der Waals surface area contributed by atoms with E-state index in [9.17, 15) is 33.9 Å². The predicted octanol–water partition coefficient (Wildman–Crippen LogP) is 6.50. The summed E-state index contributed by atoms with van der Waals surface area (Å²) in [5.74, 6) is 5.24. The maximum absolute atomic E-state index is 13.3. The summed E-state index contributed by atoms with van der Waals surface area (Å²) in [6, 6.07) is 22.6. The fraction of sp³-hybridized carbons (Fsp3) is 0.339. The van der Waals surface area contributed by atoms with E-state index in [-0.39, 0.29) is 13.2 Å². The molecule has 0 atom stereocenters. The Balaban J connectivity index is 0.000000185. The first-order valence-corrected chi connectivity index (χ1v) is 29.3. The average Bonchev–Trinajstić information content (AvgIpc) is 4.12. The summed E-state index contributed by atoms with van der Waals surface area (Å²) in [6.45, 7) is 9.48. The fourth-order valence-corrected chi connectivity index (χ4v) is 11.5. The van der Waals surface area contributed by atoms with Gasteiger partial charge in [-0.25, -0.2) is 41.7 Å². The number of carbonyl (C=O) groups is 1. The molecule has 0 amide bonds. The molecule has 2 saturated heterocycles. The van der Waals surface area contributed by atoms with E-state index in [1.54, 1.807) is 93.0 Å². The number of nitriles is 2. The summed E-state index contributed by atoms with van der Waals surface area (Å²) in [5.41, 5.74) is 4.72. The van der Waals surface area contributed by atoms with Gasteiger partial charge in [-0.3, -0.25) is 9.57 Å². The molecule has 2 aliphatic rings. The second-order valence-electron chi connectivity index (χ2n) is 20.2. The van der Waals surface area contributed by atoms with E-state index < -0.39 is 30.7 Å². The fourth-order valence-electron chi connectivity index (χ4n) is 8.38. The first kappa shape index (κ1) is 58.4. The molecule has 81 heavy (non-hydrogen) atoms. The van der Waals surface area contributed by atoms with Gasteiger partial charge < -0.3 is 39.0 Å². The summed E-state index contributed by atoms with van der Waals surface area (Å²) in [5, 5.41) is 47.7. The summed E-state index contributed by atoms with van der Waals surface area (Å²) in [6.07, 6.45) is 13.8. The summed E-state index contributed by atoms with van der Waals surface area (Å²) < 4.78 is 62.1. The zero-order valence-electron chi connectivity index (χ0n) is 45.6. The van der Waals surface area contributed by atoms with Gasteiger partial charge in [-0.05, 0) is 75.7 Å². The van der Waals surface area contributed by atoms with Gasteiger partial charge in [0.1, 0.15) is 48.5 Å². The Hall–Kier alpha value is -8.75. The number of hydrogen-bond acceptors (Lipinski definition) is 21. The molecule has 0 saturated carbocycles. The Labute approximate surface area is 469 Å². The van der Waals surface area contributed by atoms with Gasteiger partial charge in [0.15, 0.2) is 6.29 Å². The number of nitrogens with zero attached hydrogens (tertiary/aromatic N) is 13. The van der Waals surface area contributed by atoms with Crippen LogP contribution in [-0.2, 0) is 26.0 Å². The summed E-state index contributed by atoms with van der Waals surface area (Å²) in [4.78, 5) is 31.5. The number of hydrogen-bond donors (Lipinski definition) is 3. The third-order valence-electron chi connectivity index (χ3n) is 12.7. The smallest absolute Gasteiger partial charge is 0.212 e. The predicted molar refractivity (Wildman–Crippen MR) is 306 cm³/mol. The Bertz CT molecular complexity index is 3790. The van der Waals surface area contributed by atoms with Crippen molar-refractivity contribution in [3.63, 3.8) is 0 Å². The lowest BCUT2D eigenvalue weighted by Gasteiger charge is -2.29. The van der Waals surface area contributed by atoms with E-state index in [2.05, 4.69) is 51.5 Å². The van der Waals surface area contributed by atoms with Crippen LogP contribution in [0.2, 0.25) is 0 Å². The van der Waals surface area contributed by atoms with Crippen LogP contribution in [0.25, 0.3) is 33.3 Å². The lowest BCUT2D eigenvalue weighted by molar-refractivity contribution is 0.0280. The number of carbonyl (C=O) groups excluding carboxylic acids is 1. The zero-order chi connectivity index (χ0) is 58.0. The van der Waals surface area contributed by atoms with Crippen LogP contribution in [0.5, 0.6) is 23.3 Å². The van der Waals surface area contributed by atoms with Gasteiger partial charge in [-0.1, -0.05) is 6.07 Å². The van der Waals surface area contributed by atoms with Crippen LogP contribution in [-0.4, -0.2) is 152 Å². The van der Waals surface area contributed by atoms with E-state index in [1.807, 2.05) is 47.4 Å². The SMILES string of the molecule is CC(C)(O)COc1cc(-c2ccc(N3CCS(=N)(=O)CC3)nc2)c2c(C#N)cnn2c1.COc1ccc(C=O)cn1.COc1ccc(CN=S2(=O)CCN(c3ccc(-c4cc(OCC(C)(C)O)cn5ncc(C#N)c45)cn3)CC2)cn1. The minimum Gasteiger partial charge on any atom is -0.489 e. The molecule has 0 bridgehead atoms. The third-order valence-corrected chi connectivity index (χ3v) is 16.6. The van der Waals surface area contributed by atoms with Gasteiger partial charge in [0, 0.05) is 124 Å². The Morgan fingerprint density at radius 2 is 1.12 bits per heavy atom. The molecular weight excluding hydrogens is 1080 g/mol. The van der Waals surface area contributed by atoms with E-state index in [0.717, 1.165) is 45.7 Å². The quantitative estimate of drug-likeness (QED) is 0.0923. The summed E-state index contributed by atoms with van der Waals surface area (Å²) >= 11 is 0. The molecule has 2 fully saturated rings. The number of aldehydes is 1. The van der Waals surface area contributed by atoms with Crippen molar-refractivity contribution in [1.29, 1.82) is 15.3 Å². The maximum atomic E-state index is 13.3. The zero-order valence-corrected chi connectivity index (χ0v) is 47.3. The molecule has 23 nitrogen and oxygen atoms in total. The van der Waals surface area contributed by atoms with E-state index in [4.69, 9.17) is 23.7 Å². The van der Waals surface area contributed by atoms with Gasteiger partial charge >= 0.3 is 0 Å². The molecule has 0 aliphatic carbocycles. The highest BCUT2D eigenvalue weighted by molar-refractivity contribution is 7.93. The molecule has 8 aromatic heterocycles. The van der Waals surface area contributed by atoms with Crippen molar-refractivity contribution in [2.45, 2.75) is 45.4 Å². The van der Waals surface area contributed by atoms with Crippen molar-refractivity contribution < 1.29 is 42.4 Å². The van der Waals surface area contributed by atoms with Crippen LogP contribution in [0.3, 0.4) is 0 Å². The topological polar surface area (TPSA) is 305 Å². The normalized spacial score (nSPS) is 14.7. The Kier molecular flexibility index (Phi) is 18.1. The number of aliphatic hydroxyl groups is 2. The minimum absolute atomic E-state index is 0.100. The molecule has 10 rings (SSSR count). The Morgan fingerprint density at radius 1 is 0.654 bits per heavy atom. The van der Waals surface area contributed by atoms with Crippen LogP contribution in [0, 0.1) is 27.4 Å². The number of pyridine rings is 6. The number of anilines is 2. The van der Waals surface area contributed by atoms with Crippen molar-refractivity contribution in [2.24, 2.45) is 4.36 Å². The maximum Gasteiger partial charge on any atom is 0.212 e. The van der Waals surface area contributed by atoms with Gasteiger partial charge in [0.2, 0.25) is 11.8 Å². The molecule has 10 heterocycles. The monoisotopic (exact) mass is 1140 g/mol. The molecule has 2 aliphatic heterocycles. The molecule has 8 aromatic rings. The lowest BCUT2D eigenvalue weighted by atomic mass is 10.1. The second-order valence-corrected chi connectivity index (χ2v) is 25.3. The number of rotatable bonds is 15. The lowest BCUT2D eigenvalue weighted by Crippen LogP contribution is -2.40. The van der Waals surface area contributed by atoms with E-state index in [1.165, 1.54) is 25.7 Å². The average molecular weight is 1140 g/mol. The number of methoxy groups -OCH3 is 2. The molecular formula is C56H62N14O9S2. The molecule has 3 N–H and O–H groups in total. The number of aromatic nitrogens is 8. The first-order valence-electron chi connectivity index (χ1n) is 25.5. The van der Waals surface area contributed by atoms with Crippen molar-refractivity contribution >= 4 is 48.4 Å². The highest BCUT2D eigenvalue weighted by Gasteiger charge is 2.24. The van der Waals surface area contributed by atoms with Crippen LogP contribution < -0.4 is 28.7 Å². The van der Waals surface area contributed by atoms with E-state index >= 15 is 0 Å². The molecule has 0 unspecified atom stereocenters. The summed E-state index contributed by atoms with van der Waals surface area (Å²) in [7, 11) is -1.68. The van der Waals surface area contributed by atoms with Crippen molar-refractivity contribution in [2.75, 3.05) is 86.4 Å². The van der Waals surface area contributed by atoms with Crippen molar-refractivity contribution in [1.82, 2.24) is 39.2 Å². The largest absolute Gasteiger partial charge is 0.489 e. The second kappa shape index (κ2) is 25.1. The van der Waals surface area contributed by atoms with Crippen molar-refractivity contribution in [3.05, 3.63) is 132 Å².